The molecule has 1 aromatic heterocycles. The highest BCUT2D eigenvalue weighted by atomic mass is 32.2. The molecule has 2 N–H and O–H groups in total. The maximum atomic E-state index is 12.3. The minimum atomic E-state index is -0.382. The first-order chi connectivity index (χ1) is 12.6. The van der Waals surface area contributed by atoms with E-state index in [1.807, 2.05) is 60.7 Å². The molecule has 132 valence electrons. The van der Waals surface area contributed by atoms with E-state index in [9.17, 15) is 9.59 Å². The summed E-state index contributed by atoms with van der Waals surface area (Å²) in [6, 6.07) is 20.7. The second-order valence-corrected chi connectivity index (χ2v) is 7.09. The Labute approximate surface area is 155 Å². The molecule has 0 bridgehead atoms. The van der Waals surface area contributed by atoms with Crippen LogP contribution in [-0.4, -0.2) is 21.1 Å². The number of benzene rings is 2. The molecule has 6 heteroatoms. The first-order valence-corrected chi connectivity index (χ1v) is 9.15. The molecule has 26 heavy (non-hydrogen) atoms. The molecule has 0 radical (unpaired) electrons. The van der Waals surface area contributed by atoms with E-state index in [0.29, 0.717) is 17.4 Å². The van der Waals surface area contributed by atoms with Gasteiger partial charge in [-0.2, -0.15) is 0 Å². The van der Waals surface area contributed by atoms with Crippen molar-refractivity contribution < 1.29 is 4.79 Å². The minimum absolute atomic E-state index is 0.105. The molecule has 0 aliphatic carbocycles. The fraction of sp³-hybridized carbons (Fsp3) is 0.150. The zero-order valence-electron chi connectivity index (χ0n) is 14.3. The Morgan fingerprint density at radius 1 is 1.12 bits per heavy atom. The molecular formula is C20H19N3O2S. The minimum Gasteiger partial charge on any atom is -0.351 e. The number of nitrogens with one attached hydrogen (secondary N) is 2. The number of carbonyl (C=O) groups excluding carboxylic acids is 1. The van der Waals surface area contributed by atoms with Crippen molar-refractivity contribution in [2.24, 2.45) is 0 Å². The van der Waals surface area contributed by atoms with Crippen LogP contribution in [0.2, 0.25) is 0 Å². The number of aromatic nitrogens is 2. The van der Waals surface area contributed by atoms with E-state index in [4.69, 9.17) is 0 Å². The van der Waals surface area contributed by atoms with Gasteiger partial charge in [0.25, 0.3) is 5.56 Å². The van der Waals surface area contributed by atoms with E-state index in [0.717, 1.165) is 11.1 Å². The molecule has 1 heterocycles. The number of nitrogens with zero attached hydrogens (tertiary/aromatic N) is 1. The van der Waals surface area contributed by atoms with Crippen molar-refractivity contribution in [1.82, 2.24) is 15.3 Å². The monoisotopic (exact) mass is 365 g/mol. The molecule has 2 aromatic carbocycles. The lowest BCUT2D eigenvalue weighted by Gasteiger charge is -2.12. The molecule has 5 nitrogen and oxygen atoms in total. The summed E-state index contributed by atoms with van der Waals surface area (Å²) in [5.74, 6) is -0.105. The zero-order chi connectivity index (χ0) is 18.4. The second kappa shape index (κ2) is 8.49. The van der Waals surface area contributed by atoms with Crippen molar-refractivity contribution in [2.75, 3.05) is 0 Å². The highest BCUT2D eigenvalue weighted by molar-refractivity contribution is 8.00. The topological polar surface area (TPSA) is 74.8 Å². The highest BCUT2D eigenvalue weighted by Gasteiger charge is 2.16. The first-order valence-electron chi connectivity index (χ1n) is 8.27. The fourth-order valence-electron chi connectivity index (χ4n) is 2.40. The van der Waals surface area contributed by atoms with Crippen LogP contribution in [-0.2, 0) is 11.3 Å². The van der Waals surface area contributed by atoms with E-state index in [1.54, 1.807) is 6.92 Å². The molecule has 1 atom stereocenters. The maximum Gasteiger partial charge on any atom is 0.252 e. The number of hydrogen-bond acceptors (Lipinski definition) is 4. The van der Waals surface area contributed by atoms with Crippen LogP contribution in [0.15, 0.2) is 76.7 Å². The van der Waals surface area contributed by atoms with Gasteiger partial charge >= 0.3 is 0 Å². The smallest absolute Gasteiger partial charge is 0.252 e. The number of amides is 1. The Bertz CT molecular complexity index is 927. The summed E-state index contributed by atoms with van der Waals surface area (Å²) in [5.41, 5.74) is 2.25. The van der Waals surface area contributed by atoms with Gasteiger partial charge in [0.05, 0.1) is 10.9 Å². The van der Waals surface area contributed by atoms with Gasteiger partial charge in [-0.05, 0) is 12.5 Å². The summed E-state index contributed by atoms with van der Waals surface area (Å²) in [6.45, 7) is 2.26. The molecule has 1 amide bonds. The van der Waals surface area contributed by atoms with Gasteiger partial charge in [-0.25, -0.2) is 4.98 Å². The van der Waals surface area contributed by atoms with Crippen LogP contribution in [0.4, 0.5) is 0 Å². The maximum absolute atomic E-state index is 12.3. The summed E-state index contributed by atoms with van der Waals surface area (Å²) < 4.78 is 0. The lowest BCUT2D eigenvalue weighted by atomic mass is 10.1. The van der Waals surface area contributed by atoms with E-state index in [2.05, 4.69) is 15.3 Å². The van der Waals surface area contributed by atoms with Crippen LogP contribution < -0.4 is 10.9 Å². The largest absolute Gasteiger partial charge is 0.351 e. The Morgan fingerprint density at radius 2 is 1.77 bits per heavy atom. The summed E-state index contributed by atoms with van der Waals surface area (Å²) in [7, 11) is 0. The van der Waals surface area contributed by atoms with Gasteiger partial charge in [0.2, 0.25) is 5.91 Å². The predicted octanol–water partition coefficient (Wildman–Crippen LogP) is 3.23. The van der Waals surface area contributed by atoms with Crippen LogP contribution in [0.25, 0.3) is 11.3 Å². The molecular weight excluding hydrogens is 346 g/mol. The molecule has 0 saturated carbocycles. The number of rotatable bonds is 6. The lowest BCUT2D eigenvalue weighted by Crippen LogP contribution is -2.30. The van der Waals surface area contributed by atoms with E-state index in [1.165, 1.54) is 17.8 Å². The highest BCUT2D eigenvalue weighted by Crippen LogP contribution is 2.22. The normalized spacial score (nSPS) is 11.7. The van der Waals surface area contributed by atoms with Gasteiger partial charge in [-0.1, -0.05) is 72.4 Å². The van der Waals surface area contributed by atoms with Crippen LogP contribution >= 0.6 is 11.8 Å². The van der Waals surface area contributed by atoms with Crippen molar-refractivity contribution in [3.05, 3.63) is 82.6 Å². The van der Waals surface area contributed by atoms with Gasteiger partial charge in [-0.15, -0.1) is 0 Å². The van der Waals surface area contributed by atoms with Gasteiger partial charge in [-0.3, -0.25) is 9.59 Å². The van der Waals surface area contributed by atoms with Crippen molar-refractivity contribution in [3.63, 3.8) is 0 Å². The van der Waals surface area contributed by atoms with Crippen LogP contribution in [0.5, 0.6) is 0 Å². The SMILES string of the molecule is CC(Sc1nc(-c2ccccc2)cc(=O)[nH]1)C(=O)NCc1ccccc1. The third kappa shape index (κ3) is 4.83. The molecule has 0 aliphatic heterocycles. The quantitative estimate of drug-likeness (QED) is 0.519. The zero-order valence-corrected chi connectivity index (χ0v) is 15.1. The number of hydrogen-bond donors (Lipinski definition) is 2. The Morgan fingerprint density at radius 3 is 2.46 bits per heavy atom. The fourth-order valence-corrected chi connectivity index (χ4v) is 3.23. The van der Waals surface area contributed by atoms with Crippen molar-refractivity contribution in [2.45, 2.75) is 23.9 Å². The Hall–Kier alpha value is -2.86. The van der Waals surface area contributed by atoms with E-state index >= 15 is 0 Å². The standard InChI is InChI=1S/C20H19N3O2S/c1-14(19(25)21-13-15-8-4-2-5-9-15)26-20-22-17(12-18(24)23-20)16-10-6-3-7-11-16/h2-12,14H,13H2,1H3,(H,21,25)(H,22,23,24). The van der Waals surface area contributed by atoms with Crippen LogP contribution in [0.3, 0.4) is 0 Å². The first kappa shape index (κ1) is 17.9. The van der Waals surface area contributed by atoms with E-state index in [-0.39, 0.29) is 16.7 Å². The summed E-state index contributed by atoms with van der Waals surface area (Å²) in [5, 5.41) is 2.95. The number of carbonyl (C=O) groups is 1. The van der Waals surface area contributed by atoms with Gasteiger partial charge in [0.15, 0.2) is 5.16 Å². The molecule has 3 aromatic rings. The predicted molar refractivity (Wildman–Crippen MR) is 104 cm³/mol. The van der Waals surface area contributed by atoms with Crippen LogP contribution in [0.1, 0.15) is 12.5 Å². The lowest BCUT2D eigenvalue weighted by molar-refractivity contribution is -0.120. The van der Waals surface area contributed by atoms with Gasteiger partial charge in [0.1, 0.15) is 0 Å². The van der Waals surface area contributed by atoms with Gasteiger partial charge < -0.3 is 10.3 Å². The summed E-state index contributed by atoms with van der Waals surface area (Å²) >= 11 is 1.23. The number of H-pyrrole nitrogens is 1. The van der Waals surface area contributed by atoms with Crippen molar-refractivity contribution >= 4 is 17.7 Å². The van der Waals surface area contributed by atoms with Crippen molar-refractivity contribution in [1.29, 1.82) is 0 Å². The molecule has 0 aliphatic rings. The van der Waals surface area contributed by atoms with Crippen LogP contribution in [0, 0.1) is 0 Å². The average molecular weight is 365 g/mol. The second-order valence-electron chi connectivity index (χ2n) is 5.77. The number of thioether (sulfide) groups is 1. The van der Waals surface area contributed by atoms with Gasteiger partial charge in [0, 0.05) is 18.2 Å². The Balaban J connectivity index is 1.67. The third-order valence-electron chi connectivity index (χ3n) is 3.76. The van der Waals surface area contributed by atoms with Crippen molar-refractivity contribution in [3.8, 4) is 11.3 Å². The molecule has 1 unspecified atom stereocenters. The summed E-state index contributed by atoms with van der Waals surface area (Å²) in [4.78, 5) is 31.4. The van der Waals surface area contributed by atoms with E-state index < -0.39 is 0 Å². The molecule has 3 rings (SSSR count). The molecule has 0 saturated heterocycles. The third-order valence-corrected chi connectivity index (χ3v) is 4.74. The average Bonchev–Trinajstić information content (AvgIpc) is 2.67. The molecule has 0 spiro atoms. The summed E-state index contributed by atoms with van der Waals surface area (Å²) in [6.07, 6.45) is 0. The number of aromatic amines is 1. The molecule has 0 fully saturated rings. The Kier molecular flexibility index (Phi) is 5.86.